The summed E-state index contributed by atoms with van der Waals surface area (Å²) >= 11 is 11.6. The summed E-state index contributed by atoms with van der Waals surface area (Å²) in [5, 5.41) is 1.14. The molecule has 19 heavy (non-hydrogen) atoms. The molecule has 0 saturated carbocycles. The van der Waals surface area contributed by atoms with E-state index in [4.69, 9.17) is 11.6 Å². The van der Waals surface area contributed by atoms with Crippen molar-refractivity contribution in [2.24, 2.45) is 0 Å². The Balaban J connectivity index is 1.84. The Labute approximate surface area is 129 Å². The van der Waals surface area contributed by atoms with Gasteiger partial charge >= 0.3 is 0 Å². The largest absolute Gasteiger partial charge is 0.253 e. The molecule has 96 valence electrons. The van der Waals surface area contributed by atoms with E-state index in [0.717, 1.165) is 26.8 Å². The van der Waals surface area contributed by atoms with Crippen molar-refractivity contribution in [3.63, 3.8) is 0 Å². The Hall–Kier alpha value is -0.900. The summed E-state index contributed by atoms with van der Waals surface area (Å²) in [6, 6.07) is 16.4. The summed E-state index contributed by atoms with van der Waals surface area (Å²) < 4.78 is 1.11. The van der Waals surface area contributed by atoms with Crippen LogP contribution < -0.4 is 0 Å². The predicted octanol–water partition coefficient (Wildman–Crippen LogP) is 5.58. The van der Waals surface area contributed by atoms with Gasteiger partial charge in [-0.25, -0.2) is 0 Å². The smallest absolute Gasteiger partial charge is 0.0734 e. The molecule has 0 fully saturated rings. The molecule has 0 aliphatic rings. The molecule has 1 unspecified atom stereocenters. The van der Waals surface area contributed by atoms with Crippen LogP contribution in [0.2, 0.25) is 0 Å². The first-order valence-corrected chi connectivity index (χ1v) is 8.01. The van der Waals surface area contributed by atoms with Crippen LogP contribution in [-0.4, -0.2) is 4.98 Å². The van der Waals surface area contributed by atoms with Crippen LogP contribution in [0.15, 0.2) is 52.3 Å². The molecule has 0 bridgehead atoms. The average molecular weight is 353 g/mol. The highest BCUT2D eigenvalue weighted by atomic mass is 79.9. The molecule has 1 aromatic carbocycles. The molecule has 3 aromatic rings. The highest BCUT2D eigenvalue weighted by Crippen LogP contribution is 2.33. The molecule has 1 atom stereocenters. The van der Waals surface area contributed by atoms with Gasteiger partial charge in [-0.15, -0.1) is 22.9 Å². The van der Waals surface area contributed by atoms with Crippen molar-refractivity contribution in [1.82, 2.24) is 4.98 Å². The maximum absolute atomic E-state index is 6.45. The number of hydrogen-bond donors (Lipinski definition) is 0. The fourth-order valence-corrected chi connectivity index (χ4v) is 3.77. The molecule has 0 aliphatic carbocycles. The molecular formula is C15H11BrClNS. The molecule has 0 spiro atoms. The molecule has 0 radical (unpaired) electrons. The minimum atomic E-state index is -0.0232. The summed E-state index contributed by atoms with van der Waals surface area (Å²) in [7, 11) is 0. The number of aromatic nitrogens is 1. The molecular weight excluding hydrogens is 342 g/mol. The van der Waals surface area contributed by atoms with Gasteiger partial charge in [-0.3, -0.25) is 4.98 Å². The minimum absolute atomic E-state index is 0.0232. The highest BCUT2D eigenvalue weighted by Gasteiger charge is 2.12. The number of para-hydroxylation sites is 1. The van der Waals surface area contributed by atoms with Crippen LogP contribution in [0.5, 0.6) is 0 Å². The molecule has 1 nitrogen and oxygen atoms in total. The number of pyridine rings is 1. The van der Waals surface area contributed by atoms with Crippen LogP contribution in [0.3, 0.4) is 0 Å². The van der Waals surface area contributed by atoms with Gasteiger partial charge in [0.25, 0.3) is 0 Å². The van der Waals surface area contributed by atoms with Crippen LogP contribution >= 0.6 is 38.9 Å². The maximum atomic E-state index is 6.45. The average Bonchev–Trinajstić information content (AvgIpc) is 2.85. The number of thiophene rings is 1. The van der Waals surface area contributed by atoms with Crippen LogP contribution in [0.25, 0.3) is 10.9 Å². The van der Waals surface area contributed by atoms with Crippen LogP contribution in [0.1, 0.15) is 15.9 Å². The van der Waals surface area contributed by atoms with E-state index in [9.17, 15) is 0 Å². The molecule has 0 saturated heterocycles. The van der Waals surface area contributed by atoms with Gasteiger partial charge < -0.3 is 0 Å². The summed E-state index contributed by atoms with van der Waals surface area (Å²) in [6.07, 6.45) is 0.749. The quantitative estimate of drug-likeness (QED) is 0.561. The predicted molar refractivity (Wildman–Crippen MR) is 86.1 cm³/mol. The van der Waals surface area contributed by atoms with Gasteiger partial charge in [-0.2, -0.15) is 0 Å². The van der Waals surface area contributed by atoms with Crippen LogP contribution in [0.4, 0.5) is 0 Å². The third-order valence-corrected chi connectivity index (χ3v) is 5.20. The summed E-state index contributed by atoms with van der Waals surface area (Å²) in [6.45, 7) is 0. The van der Waals surface area contributed by atoms with Crippen molar-refractivity contribution in [3.05, 3.63) is 62.9 Å². The first kappa shape index (κ1) is 13.1. The fourth-order valence-electron chi connectivity index (χ4n) is 2.00. The monoisotopic (exact) mass is 351 g/mol. The van der Waals surface area contributed by atoms with E-state index in [1.807, 2.05) is 24.3 Å². The van der Waals surface area contributed by atoms with Gasteiger partial charge in [0, 0.05) is 22.4 Å². The molecule has 0 aliphatic heterocycles. The number of nitrogens with zero attached hydrogens (tertiary/aromatic N) is 1. The Bertz CT molecular complexity index is 710. The van der Waals surface area contributed by atoms with Crippen molar-refractivity contribution in [3.8, 4) is 0 Å². The van der Waals surface area contributed by atoms with Gasteiger partial charge in [0.05, 0.1) is 14.7 Å². The number of halogens is 2. The molecule has 4 heteroatoms. The lowest BCUT2D eigenvalue weighted by Crippen LogP contribution is -1.96. The van der Waals surface area contributed by atoms with Crippen LogP contribution in [0, 0.1) is 0 Å². The van der Waals surface area contributed by atoms with Gasteiger partial charge in [0.15, 0.2) is 0 Å². The van der Waals surface area contributed by atoms with Crippen molar-refractivity contribution in [2.45, 2.75) is 11.8 Å². The third kappa shape index (κ3) is 2.99. The lowest BCUT2D eigenvalue weighted by Gasteiger charge is -2.07. The van der Waals surface area contributed by atoms with E-state index in [1.165, 1.54) is 4.88 Å². The molecule has 2 heterocycles. The normalized spacial score (nSPS) is 12.7. The zero-order chi connectivity index (χ0) is 13.2. The van der Waals surface area contributed by atoms with E-state index in [0.29, 0.717) is 0 Å². The number of alkyl halides is 1. The van der Waals surface area contributed by atoms with Crippen LogP contribution in [-0.2, 0) is 6.42 Å². The first-order valence-electron chi connectivity index (χ1n) is 5.96. The van der Waals surface area contributed by atoms with Gasteiger partial charge in [-0.1, -0.05) is 24.3 Å². The Morgan fingerprint density at radius 1 is 1.11 bits per heavy atom. The van der Waals surface area contributed by atoms with E-state index in [1.54, 1.807) is 11.3 Å². The lowest BCUT2D eigenvalue weighted by molar-refractivity contribution is 0.904. The van der Waals surface area contributed by atoms with Gasteiger partial charge in [-0.05, 0) is 40.2 Å². The Kier molecular flexibility index (Phi) is 3.87. The summed E-state index contributed by atoms with van der Waals surface area (Å²) in [4.78, 5) is 5.83. The standard InChI is InChI=1S/C15H11BrClNS/c16-15-8-7-14(19-15)12(17)9-11-6-5-10-3-1-2-4-13(10)18-11/h1-8,12H,9H2. The second-order valence-electron chi connectivity index (χ2n) is 4.31. The topological polar surface area (TPSA) is 12.9 Å². The number of rotatable bonds is 3. The Morgan fingerprint density at radius 2 is 1.95 bits per heavy atom. The highest BCUT2D eigenvalue weighted by molar-refractivity contribution is 9.11. The number of benzene rings is 1. The van der Waals surface area contributed by atoms with Gasteiger partial charge in [0.2, 0.25) is 0 Å². The van der Waals surface area contributed by atoms with Crippen molar-refractivity contribution in [2.75, 3.05) is 0 Å². The van der Waals surface area contributed by atoms with E-state index >= 15 is 0 Å². The van der Waals surface area contributed by atoms with E-state index < -0.39 is 0 Å². The molecule has 3 rings (SSSR count). The third-order valence-electron chi connectivity index (χ3n) is 2.95. The molecule has 2 aromatic heterocycles. The second-order valence-corrected chi connectivity index (χ2v) is 7.33. The summed E-state index contributed by atoms with van der Waals surface area (Å²) in [5.74, 6) is 0. The lowest BCUT2D eigenvalue weighted by atomic mass is 10.1. The zero-order valence-corrected chi connectivity index (χ0v) is 13.2. The first-order chi connectivity index (χ1) is 9.22. The second kappa shape index (κ2) is 5.61. The van der Waals surface area contributed by atoms with E-state index in [2.05, 4.69) is 45.2 Å². The Morgan fingerprint density at radius 3 is 2.74 bits per heavy atom. The molecule has 0 amide bonds. The van der Waals surface area contributed by atoms with Crippen molar-refractivity contribution >= 4 is 49.8 Å². The summed E-state index contributed by atoms with van der Waals surface area (Å²) in [5.41, 5.74) is 2.06. The number of fused-ring (bicyclic) bond motifs is 1. The fraction of sp³-hybridized carbons (Fsp3) is 0.133. The van der Waals surface area contributed by atoms with E-state index in [-0.39, 0.29) is 5.38 Å². The maximum Gasteiger partial charge on any atom is 0.0734 e. The van der Waals surface area contributed by atoms with Gasteiger partial charge in [0.1, 0.15) is 0 Å². The molecule has 0 N–H and O–H groups in total. The minimum Gasteiger partial charge on any atom is -0.253 e. The SMILES string of the molecule is ClC(Cc1ccc2ccccc2n1)c1ccc(Br)s1. The zero-order valence-electron chi connectivity index (χ0n) is 10.0. The van der Waals surface area contributed by atoms with Crippen molar-refractivity contribution in [1.29, 1.82) is 0 Å². The number of hydrogen-bond acceptors (Lipinski definition) is 2. The van der Waals surface area contributed by atoms with Crippen molar-refractivity contribution < 1.29 is 0 Å².